The third-order valence-corrected chi connectivity index (χ3v) is 5.57. The molecule has 4 rings (SSSR count). The first-order chi connectivity index (χ1) is 12.6. The number of carbonyl (C=O) groups is 1. The Morgan fingerprint density at radius 1 is 1.19 bits per heavy atom. The molecule has 1 amide bonds. The molecule has 0 aliphatic rings. The van der Waals surface area contributed by atoms with Gasteiger partial charge in [-0.1, -0.05) is 41.7 Å². The topological polar surface area (TPSA) is 52.2 Å². The molecule has 5 nitrogen and oxygen atoms in total. The summed E-state index contributed by atoms with van der Waals surface area (Å²) in [5, 5.41) is 6.72. The van der Waals surface area contributed by atoms with Crippen LogP contribution in [0.25, 0.3) is 21.0 Å². The van der Waals surface area contributed by atoms with Gasteiger partial charge in [0.2, 0.25) is 0 Å². The summed E-state index contributed by atoms with van der Waals surface area (Å²) in [5.74, 6) is -0.303. The van der Waals surface area contributed by atoms with Crippen LogP contribution < -0.4 is 4.80 Å². The second-order valence-corrected chi connectivity index (χ2v) is 7.43. The summed E-state index contributed by atoms with van der Waals surface area (Å²) in [6.45, 7) is 6.88. The van der Waals surface area contributed by atoms with Gasteiger partial charge in [0.05, 0.1) is 10.2 Å². The normalized spacial score (nSPS) is 12.5. The number of aromatic nitrogens is 3. The van der Waals surface area contributed by atoms with Crippen molar-refractivity contribution in [2.24, 2.45) is 4.99 Å². The molecule has 0 unspecified atom stereocenters. The van der Waals surface area contributed by atoms with E-state index in [4.69, 9.17) is 0 Å². The summed E-state index contributed by atoms with van der Waals surface area (Å²) in [6.07, 6.45) is 1.82. The predicted octanol–water partition coefficient (Wildman–Crippen LogP) is 4.39. The Balaban J connectivity index is 1.88. The summed E-state index contributed by atoms with van der Waals surface area (Å²) < 4.78 is 5.02. The lowest BCUT2D eigenvalue weighted by Crippen LogP contribution is -2.16. The second kappa shape index (κ2) is 6.53. The van der Waals surface area contributed by atoms with E-state index in [9.17, 15) is 4.79 Å². The van der Waals surface area contributed by atoms with Crippen LogP contribution in [0.5, 0.6) is 0 Å². The van der Waals surface area contributed by atoms with Gasteiger partial charge in [0, 0.05) is 24.2 Å². The second-order valence-electron chi connectivity index (χ2n) is 6.46. The summed E-state index contributed by atoms with van der Waals surface area (Å²) in [5.41, 5.74) is 1.49. The fourth-order valence-electron chi connectivity index (χ4n) is 3.07. The van der Waals surface area contributed by atoms with Gasteiger partial charge >= 0.3 is 0 Å². The summed E-state index contributed by atoms with van der Waals surface area (Å²) in [6, 6.07) is 14.5. The molecule has 2 aromatic carbocycles. The molecule has 132 valence electrons. The average Bonchev–Trinajstić information content (AvgIpc) is 3.26. The first-order valence-corrected chi connectivity index (χ1v) is 9.55. The number of fused-ring (bicyclic) bond motifs is 3. The molecule has 0 saturated heterocycles. The van der Waals surface area contributed by atoms with E-state index in [0.717, 1.165) is 16.8 Å². The Morgan fingerprint density at radius 2 is 2.00 bits per heavy atom. The monoisotopic (exact) mass is 364 g/mol. The van der Waals surface area contributed by atoms with E-state index >= 15 is 0 Å². The average molecular weight is 364 g/mol. The van der Waals surface area contributed by atoms with Crippen molar-refractivity contribution in [2.75, 3.05) is 0 Å². The summed E-state index contributed by atoms with van der Waals surface area (Å²) in [4.78, 5) is 17.7. The van der Waals surface area contributed by atoms with Crippen molar-refractivity contribution in [3.8, 4) is 0 Å². The van der Waals surface area contributed by atoms with Crippen LogP contribution in [0, 0.1) is 0 Å². The molecule has 0 N–H and O–H groups in total. The van der Waals surface area contributed by atoms with Crippen LogP contribution in [0.4, 0.5) is 0 Å². The standard InChI is InChI=1S/C20H20N4OS/c1-4-23-17-10-9-14-7-5-6-8-15(14)18(17)26-20(23)21-19(25)16-11-12-24(22-16)13(2)3/h5-13H,4H2,1-3H3. The van der Waals surface area contributed by atoms with Gasteiger partial charge in [0.15, 0.2) is 10.5 Å². The van der Waals surface area contributed by atoms with Crippen molar-refractivity contribution in [3.63, 3.8) is 0 Å². The maximum absolute atomic E-state index is 12.6. The molecule has 0 saturated carbocycles. The van der Waals surface area contributed by atoms with E-state index in [1.807, 2.05) is 32.2 Å². The van der Waals surface area contributed by atoms with Crippen LogP contribution in [-0.2, 0) is 6.54 Å². The quantitative estimate of drug-likeness (QED) is 0.541. The molecule has 0 radical (unpaired) electrons. The SMILES string of the molecule is CCn1c(=NC(=O)c2ccn(C(C)C)n2)sc2c3ccccc3ccc21. The maximum Gasteiger partial charge on any atom is 0.300 e. The fourth-order valence-corrected chi connectivity index (χ4v) is 4.30. The molecule has 0 atom stereocenters. The molecule has 0 spiro atoms. The zero-order valence-corrected chi connectivity index (χ0v) is 15.8. The van der Waals surface area contributed by atoms with E-state index in [0.29, 0.717) is 10.5 Å². The first kappa shape index (κ1) is 16.7. The minimum Gasteiger partial charge on any atom is -0.317 e. The van der Waals surface area contributed by atoms with Crippen molar-refractivity contribution in [1.82, 2.24) is 14.3 Å². The molecule has 0 aliphatic heterocycles. The van der Waals surface area contributed by atoms with Crippen molar-refractivity contribution < 1.29 is 4.79 Å². The van der Waals surface area contributed by atoms with Crippen LogP contribution in [0.3, 0.4) is 0 Å². The number of thiazole rings is 1. The van der Waals surface area contributed by atoms with Crippen LogP contribution in [0.15, 0.2) is 53.7 Å². The molecule has 4 aromatic rings. The lowest BCUT2D eigenvalue weighted by atomic mass is 10.1. The van der Waals surface area contributed by atoms with Crippen molar-refractivity contribution in [1.29, 1.82) is 0 Å². The minimum atomic E-state index is -0.303. The maximum atomic E-state index is 12.6. The largest absolute Gasteiger partial charge is 0.317 e. The van der Waals surface area contributed by atoms with Gasteiger partial charge in [0.25, 0.3) is 5.91 Å². The van der Waals surface area contributed by atoms with Gasteiger partial charge in [-0.15, -0.1) is 0 Å². The van der Waals surface area contributed by atoms with E-state index in [1.165, 1.54) is 10.8 Å². The number of hydrogen-bond donors (Lipinski definition) is 0. The van der Waals surface area contributed by atoms with Crippen LogP contribution in [0.1, 0.15) is 37.3 Å². The number of carbonyl (C=O) groups excluding carboxylic acids is 1. The fraction of sp³-hybridized carbons (Fsp3) is 0.250. The van der Waals surface area contributed by atoms with Gasteiger partial charge < -0.3 is 4.57 Å². The van der Waals surface area contributed by atoms with Crippen LogP contribution in [0.2, 0.25) is 0 Å². The van der Waals surface area contributed by atoms with E-state index < -0.39 is 0 Å². The molecule has 2 heterocycles. The van der Waals surface area contributed by atoms with Gasteiger partial charge in [-0.05, 0) is 38.3 Å². The molecule has 26 heavy (non-hydrogen) atoms. The van der Waals surface area contributed by atoms with Crippen molar-refractivity contribution >= 4 is 38.2 Å². The van der Waals surface area contributed by atoms with Gasteiger partial charge in [-0.2, -0.15) is 10.1 Å². The molecule has 0 fully saturated rings. The smallest absolute Gasteiger partial charge is 0.300 e. The van der Waals surface area contributed by atoms with E-state index in [-0.39, 0.29) is 11.9 Å². The highest BCUT2D eigenvalue weighted by molar-refractivity contribution is 7.17. The molecular weight excluding hydrogens is 344 g/mol. The highest BCUT2D eigenvalue weighted by Crippen LogP contribution is 2.27. The number of rotatable bonds is 3. The lowest BCUT2D eigenvalue weighted by molar-refractivity contribution is 0.0992. The number of amides is 1. The molecule has 0 aliphatic carbocycles. The zero-order valence-electron chi connectivity index (χ0n) is 15.0. The Morgan fingerprint density at radius 3 is 2.73 bits per heavy atom. The van der Waals surface area contributed by atoms with E-state index in [2.05, 4.69) is 45.8 Å². The third kappa shape index (κ3) is 2.76. The summed E-state index contributed by atoms with van der Waals surface area (Å²) in [7, 11) is 0. The van der Waals surface area contributed by atoms with Crippen LogP contribution >= 0.6 is 11.3 Å². The number of hydrogen-bond acceptors (Lipinski definition) is 3. The number of benzene rings is 2. The lowest BCUT2D eigenvalue weighted by Gasteiger charge is -2.03. The molecule has 6 heteroatoms. The van der Waals surface area contributed by atoms with E-state index in [1.54, 1.807) is 22.1 Å². The number of aryl methyl sites for hydroxylation is 1. The van der Waals surface area contributed by atoms with Crippen molar-refractivity contribution in [3.05, 3.63) is 59.2 Å². The highest BCUT2D eigenvalue weighted by atomic mass is 32.1. The Labute approximate surface area is 155 Å². The Bertz CT molecular complexity index is 1180. The summed E-state index contributed by atoms with van der Waals surface area (Å²) >= 11 is 1.55. The first-order valence-electron chi connectivity index (χ1n) is 8.73. The Hall–Kier alpha value is -2.73. The minimum absolute atomic E-state index is 0.216. The van der Waals surface area contributed by atoms with Gasteiger partial charge in [-0.3, -0.25) is 9.48 Å². The Kier molecular flexibility index (Phi) is 4.20. The molecule has 0 bridgehead atoms. The molecule has 2 aromatic heterocycles. The molecular formula is C20H20N4OS. The van der Waals surface area contributed by atoms with Crippen LogP contribution in [-0.4, -0.2) is 20.3 Å². The van der Waals surface area contributed by atoms with Gasteiger partial charge in [0.1, 0.15) is 0 Å². The predicted molar refractivity (Wildman–Crippen MR) is 106 cm³/mol. The zero-order chi connectivity index (χ0) is 18.3. The van der Waals surface area contributed by atoms with Gasteiger partial charge in [-0.25, -0.2) is 0 Å². The highest BCUT2D eigenvalue weighted by Gasteiger charge is 2.13. The van der Waals surface area contributed by atoms with Crippen molar-refractivity contribution in [2.45, 2.75) is 33.4 Å². The number of nitrogens with zero attached hydrogens (tertiary/aromatic N) is 4. The third-order valence-electron chi connectivity index (χ3n) is 4.44.